The van der Waals surface area contributed by atoms with E-state index in [1.54, 1.807) is 12.4 Å². The zero-order valence-corrected chi connectivity index (χ0v) is 12.1. The molecule has 0 aliphatic carbocycles. The van der Waals surface area contributed by atoms with E-state index in [-0.39, 0.29) is 12.9 Å². The molecule has 0 bridgehead atoms. The largest absolute Gasteiger partial charge is 0.454 e. The molecule has 1 fully saturated rings. The Morgan fingerprint density at radius 2 is 1.91 bits per heavy atom. The number of rotatable bonds is 2. The van der Waals surface area contributed by atoms with Crippen LogP contribution in [0.4, 0.5) is 5.95 Å². The first-order valence-electron chi connectivity index (χ1n) is 7.45. The molecule has 2 aliphatic rings. The predicted octanol–water partition coefficient (Wildman–Crippen LogP) is 1.83. The van der Waals surface area contributed by atoms with Crippen molar-refractivity contribution in [1.29, 1.82) is 0 Å². The van der Waals surface area contributed by atoms with Crippen LogP contribution >= 0.6 is 0 Å². The molecule has 0 spiro atoms. The van der Waals surface area contributed by atoms with Gasteiger partial charge in [-0.1, -0.05) is 6.07 Å². The summed E-state index contributed by atoms with van der Waals surface area (Å²) in [7, 11) is 0. The Balaban J connectivity index is 1.56. The second-order valence-corrected chi connectivity index (χ2v) is 5.58. The van der Waals surface area contributed by atoms with E-state index in [4.69, 9.17) is 9.47 Å². The standard InChI is InChI=1S/C16H17N3O3/c20-13-2-1-5-19(9-13)16-17-7-12(8-18-16)11-3-4-14-15(6-11)22-10-21-14/h3-4,6-8,13,20H,1-2,5,9-10H2. The molecule has 2 aliphatic heterocycles. The molecule has 1 atom stereocenters. The van der Waals surface area contributed by atoms with Crippen molar-refractivity contribution >= 4 is 5.95 Å². The van der Waals surface area contributed by atoms with Crippen molar-refractivity contribution in [3.63, 3.8) is 0 Å². The average molecular weight is 299 g/mol. The van der Waals surface area contributed by atoms with Crippen molar-refractivity contribution in [3.05, 3.63) is 30.6 Å². The van der Waals surface area contributed by atoms with Gasteiger partial charge in [-0.3, -0.25) is 0 Å². The summed E-state index contributed by atoms with van der Waals surface area (Å²) in [6.07, 6.45) is 5.15. The minimum Gasteiger partial charge on any atom is -0.454 e. The number of piperidine rings is 1. The van der Waals surface area contributed by atoms with Crippen molar-refractivity contribution < 1.29 is 14.6 Å². The van der Waals surface area contributed by atoms with Gasteiger partial charge in [0.15, 0.2) is 11.5 Å². The minimum atomic E-state index is -0.286. The number of benzene rings is 1. The van der Waals surface area contributed by atoms with Crippen LogP contribution in [-0.2, 0) is 0 Å². The number of aliphatic hydroxyl groups excluding tert-OH is 1. The molecule has 0 amide bonds. The van der Waals surface area contributed by atoms with Crippen LogP contribution in [0.5, 0.6) is 11.5 Å². The summed E-state index contributed by atoms with van der Waals surface area (Å²) in [5.74, 6) is 2.19. The van der Waals surface area contributed by atoms with Gasteiger partial charge in [-0.25, -0.2) is 9.97 Å². The number of fused-ring (bicyclic) bond motifs is 1. The van der Waals surface area contributed by atoms with Gasteiger partial charge in [-0.05, 0) is 30.5 Å². The first-order chi connectivity index (χ1) is 10.8. The molecule has 1 N–H and O–H groups in total. The van der Waals surface area contributed by atoms with E-state index >= 15 is 0 Å². The fraction of sp³-hybridized carbons (Fsp3) is 0.375. The number of hydrogen-bond donors (Lipinski definition) is 1. The van der Waals surface area contributed by atoms with Crippen LogP contribution in [0.15, 0.2) is 30.6 Å². The Bertz CT molecular complexity index is 675. The number of β-amino-alcohol motifs (C(OH)–C–C–N with tert-alkyl or cyclic N) is 1. The van der Waals surface area contributed by atoms with Crippen LogP contribution in [0, 0.1) is 0 Å². The lowest BCUT2D eigenvalue weighted by molar-refractivity contribution is 0.153. The first kappa shape index (κ1) is 13.3. The van der Waals surface area contributed by atoms with E-state index in [1.165, 1.54) is 0 Å². The van der Waals surface area contributed by atoms with E-state index in [2.05, 4.69) is 9.97 Å². The zero-order chi connectivity index (χ0) is 14.9. The number of aliphatic hydroxyl groups is 1. The van der Waals surface area contributed by atoms with Gasteiger partial charge >= 0.3 is 0 Å². The average Bonchev–Trinajstić information content (AvgIpc) is 3.02. The molecule has 6 nitrogen and oxygen atoms in total. The second kappa shape index (κ2) is 5.46. The first-order valence-corrected chi connectivity index (χ1v) is 7.45. The molecule has 0 saturated carbocycles. The summed E-state index contributed by atoms with van der Waals surface area (Å²) in [4.78, 5) is 10.9. The maximum absolute atomic E-state index is 9.74. The van der Waals surface area contributed by atoms with Crippen LogP contribution in [0.2, 0.25) is 0 Å². The van der Waals surface area contributed by atoms with Crippen LogP contribution in [0.25, 0.3) is 11.1 Å². The van der Waals surface area contributed by atoms with Gasteiger partial charge in [0.25, 0.3) is 0 Å². The lowest BCUT2D eigenvalue weighted by Gasteiger charge is -2.29. The van der Waals surface area contributed by atoms with Gasteiger partial charge in [0.05, 0.1) is 6.10 Å². The molecule has 22 heavy (non-hydrogen) atoms. The third kappa shape index (κ3) is 2.46. The Kier molecular flexibility index (Phi) is 3.31. The molecule has 0 radical (unpaired) electrons. The monoisotopic (exact) mass is 299 g/mol. The number of aromatic nitrogens is 2. The van der Waals surface area contributed by atoms with E-state index in [9.17, 15) is 5.11 Å². The Hall–Kier alpha value is -2.34. The molecule has 1 aromatic carbocycles. The molecule has 3 heterocycles. The molecule has 1 unspecified atom stereocenters. The normalized spacial score (nSPS) is 20.2. The van der Waals surface area contributed by atoms with E-state index in [0.717, 1.165) is 42.0 Å². The summed E-state index contributed by atoms with van der Waals surface area (Å²) in [6, 6.07) is 5.80. The number of ether oxygens (including phenoxy) is 2. The van der Waals surface area contributed by atoms with Gasteiger partial charge in [-0.2, -0.15) is 0 Å². The maximum Gasteiger partial charge on any atom is 0.231 e. The Labute approximate surface area is 128 Å². The predicted molar refractivity (Wildman–Crippen MR) is 81.0 cm³/mol. The summed E-state index contributed by atoms with van der Waals surface area (Å²) in [5.41, 5.74) is 1.93. The summed E-state index contributed by atoms with van der Waals surface area (Å²) in [5, 5.41) is 9.74. The lowest BCUT2D eigenvalue weighted by Crippen LogP contribution is -2.39. The molecule has 2 aromatic rings. The smallest absolute Gasteiger partial charge is 0.231 e. The lowest BCUT2D eigenvalue weighted by atomic mass is 10.1. The van der Waals surface area contributed by atoms with Crippen LogP contribution in [0.1, 0.15) is 12.8 Å². The number of hydrogen-bond acceptors (Lipinski definition) is 6. The SMILES string of the molecule is OC1CCCN(c2ncc(-c3ccc4c(c3)OCO4)cn2)C1. The maximum atomic E-state index is 9.74. The molecule has 1 saturated heterocycles. The minimum absolute atomic E-state index is 0.269. The van der Waals surface area contributed by atoms with Crippen LogP contribution < -0.4 is 14.4 Å². The van der Waals surface area contributed by atoms with Crippen LogP contribution in [-0.4, -0.2) is 41.1 Å². The highest BCUT2D eigenvalue weighted by molar-refractivity contribution is 5.66. The van der Waals surface area contributed by atoms with Crippen molar-refractivity contribution in [2.45, 2.75) is 18.9 Å². The quantitative estimate of drug-likeness (QED) is 0.912. The molecule has 114 valence electrons. The molecular formula is C16H17N3O3. The highest BCUT2D eigenvalue weighted by Gasteiger charge is 2.20. The fourth-order valence-electron chi connectivity index (χ4n) is 2.85. The fourth-order valence-corrected chi connectivity index (χ4v) is 2.85. The number of anilines is 1. The topological polar surface area (TPSA) is 67.7 Å². The van der Waals surface area contributed by atoms with Gasteiger partial charge < -0.3 is 19.5 Å². The zero-order valence-electron chi connectivity index (χ0n) is 12.1. The number of nitrogens with zero attached hydrogens (tertiary/aromatic N) is 3. The van der Waals surface area contributed by atoms with Gasteiger partial charge in [0.1, 0.15) is 0 Å². The third-order valence-electron chi connectivity index (χ3n) is 4.02. The van der Waals surface area contributed by atoms with E-state index < -0.39 is 0 Å². The Morgan fingerprint density at radius 1 is 1.09 bits per heavy atom. The van der Waals surface area contributed by atoms with E-state index in [1.807, 2.05) is 23.1 Å². The highest BCUT2D eigenvalue weighted by Crippen LogP contribution is 2.35. The van der Waals surface area contributed by atoms with Gasteiger partial charge in [-0.15, -0.1) is 0 Å². The highest BCUT2D eigenvalue weighted by atomic mass is 16.7. The summed E-state index contributed by atoms with van der Waals surface area (Å²) in [6.45, 7) is 1.76. The summed E-state index contributed by atoms with van der Waals surface area (Å²) >= 11 is 0. The van der Waals surface area contributed by atoms with Crippen molar-refractivity contribution in [2.24, 2.45) is 0 Å². The van der Waals surface area contributed by atoms with Crippen molar-refractivity contribution in [3.8, 4) is 22.6 Å². The van der Waals surface area contributed by atoms with E-state index in [0.29, 0.717) is 12.5 Å². The molecule has 6 heteroatoms. The van der Waals surface area contributed by atoms with Crippen molar-refractivity contribution in [2.75, 3.05) is 24.8 Å². The van der Waals surface area contributed by atoms with Crippen LogP contribution in [0.3, 0.4) is 0 Å². The molecular weight excluding hydrogens is 282 g/mol. The third-order valence-corrected chi connectivity index (χ3v) is 4.02. The molecule has 4 rings (SSSR count). The molecule has 1 aromatic heterocycles. The van der Waals surface area contributed by atoms with Gasteiger partial charge in [0.2, 0.25) is 12.7 Å². The summed E-state index contributed by atoms with van der Waals surface area (Å²) < 4.78 is 10.7. The van der Waals surface area contributed by atoms with Crippen molar-refractivity contribution in [1.82, 2.24) is 9.97 Å². The second-order valence-electron chi connectivity index (χ2n) is 5.58. The van der Waals surface area contributed by atoms with Gasteiger partial charge in [0, 0.05) is 31.0 Å². The Morgan fingerprint density at radius 3 is 2.73 bits per heavy atom.